The number of aliphatic hydroxyl groups is 1. The van der Waals surface area contributed by atoms with Gasteiger partial charge in [-0.1, -0.05) is 30.3 Å². The van der Waals surface area contributed by atoms with Crippen molar-refractivity contribution < 1.29 is 29.3 Å². The Morgan fingerprint density at radius 2 is 2.03 bits per heavy atom. The molecule has 0 radical (unpaired) electrons. The molecule has 2 bridgehead atoms. The standard InChI is InChI=1S/C29H35N3O6/c1-32-10-9-29-20-7-8-21(30-13-23(34)31-14-24(35)37-16-17-5-3-2-4-6-17)28(29)38-27-25(29)18(12-22(20)32)11-19(15-33)26(27)36/h2-6,11,20-22,28,30,33,36H,7-10,12-16H2,1H3,(H,31,34)/t20-,21?,22+,28?,29-/m0/s1. The number of ether oxygens (including phenoxy) is 2. The molecule has 4 aliphatic rings. The van der Waals surface area contributed by atoms with E-state index in [2.05, 4.69) is 22.6 Å². The molecule has 6 rings (SSSR count). The van der Waals surface area contributed by atoms with Crippen molar-refractivity contribution in [2.75, 3.05) is 26.7 Å². The van der Waals surface area contributed by atoms with Crippen LogP contribution in [0.25, 0.3) is 0 Å². The summed E-state index contributed by atoms with van der Waals surface area (Å²) in [6, 6.07) is 11.7. The fourth-order valence-corrected chi connectivity index (χ4v) is 7.45. The number of aliphatic hydroxyl groups excluding tert-OH is 1. The molecule has 1 amide bonds. The molecular weight excluding hydrogens is 486 g/mol. The van der Waals surface area contributed by atoms with Gasteiger partial charge < -0.3 is 35.2 Å². The summed E-state index contributed by atoms with van der Waals surface area (Å²) in [5, 5.41) is 26.9. The molecule has 202 valence electrons. The lowest BCUT2D eigenvalue weighted by atomic mass is 9.51. The van der Waals surface area contributed by atoms with E-state index in [9.17, 15) is 19.8 Å². The van der Waals surface area contributed by atoms with Crippen molar-refractivity contribution in [2.24, 2.45) is 5.92 Å². The van der Waals surface area contributed by atoms with E-state index in [0.717, 1.165) is 48.9 Å². The van der Waals surface area contributed by atoms with Gasteiger partial charge in [0.15, 0.2) is 11.5 Å². The number of aromatic hydroxyl groups is 1. The van der Waals surface area contributed by atoms with Gasteiger partial charge in [-0.05, 0) is 62.4 Å². The molecule has 9 heteroatoms. The molecule has 9 nitrogen and oxygen atoms in total. The van der Waals surface area contributed by atoms with E-state index < -0.39 is 5.97 Å². The number of nitrogens with zero attached hydrogens (tertiary/aromatic N) is 1. The largest absolute Gasteiger partial charge is 0.504 e. The van der Waals surface area contributed by atoms with Crippen LogP contribution in [0.1, 0.15) is 41.5 Å². The van der Waals surface area contributed by atoms with Gasteiger partial charge in [-0.25, -0.2) is 0 Å². The Balaban J connectivity index is 1.12. The molecule has 4 N–H and O–H groups in total. The summed E-state index contributed by atoms with van der Waals surface area (Å²) in [7, 11) is 2.18. The van der Waals surface area contributed by atoms with Crippen molar-refractivity contribution in [2.45, 2.75) is 62.5 Å². The molecular formula is C29H35N3O6. The Hall–Kier alpha value is -3.14. The zero-order chi connectivity index (χ0) is 26.4. The van der Waals surface area contributed by atoms with E-state index >= 15 is 0 Å². The topological polar surface area (TPSA) is 120 Å². The normalized spacial score (nSPS) is 28.8. The first kappa shape index (κ1) is 25.2. The maximum atomic E-state index is 12.6. The number of amides is 1. The van der Waals surface area contributed by atoms with Gasteiger partial charge in [-0.3, -0.25) is 9.59 Å². The minimum atomic E-state index is -0.488. The van der Waals surface area contributed by atoms with E-state index in [1.807, 2.05) is 36.4 Å². The lowest BCUT2D eigenvalue weighted by molar-refractivity contribution is -0.145. The second-order valence-corrected chi connectivity index (χ2v) is 11.1. The first-order valence-electron chi connectivity index (χ1n) is 13.5. The van der Waals surface area contributed by atoms with Gasteiger partial charge in [0.1, 0.15) is 19.3 Å². The first-order chi connectivity index (χ1) is 18.4. The lowest BCUT2D eigenvalue weighted by Crippen LogP contribution is -2.68. The summed E-state index contributed by atoms with van der Waals surface area (Å²) in [5.74, 6) is 0.192. The number of piperidine rings is 1. The predicted molar refractivity (Wildman–Crippen MR) is 139 cm³/mol. The highest BCUT2D eigenvalue weighted by atomic mass is 16.5. The Labute approximate surface area is 222 Å². The Morgan fingerprint density at radius 3 is 2.82 bits per heavy atom. The summed E-state index contributed by atoms with van der Waals surface area (Å²) in [4.78, 5) is 27.1. The van der Waals surface area contributed by atoms with Gasteiger partial charge in [-0.15, -0.1) is 0 Å². The smallest absolute Gasteiger partial charge is 0.325 e. The van der Waals surface area contributed by atoms with E-state index in [0.29, 0.717) is 23.3 Å². The van der Waals surface area contributed by atoms with E-state index in [4.69, 9.17) is 9.47 Å². The molecule has 0 aromatic heterocycles. The Bertz CT molecular complexity index is 1240. The molecule has 2 aliphatic carbocycles. The molecule has 1 spiro atoms. The summed E-state index contributed by atoms with van der Waals surface area (Å²) < 4.78 is 11.8. The molecule has 2 heterocycles. The zero-order valence-corrected chi connectivity index (χ0v) is 21.6. The predicted octanol–water partition coefficient (Wildman–Crippen LogP) is 1.37. The van der Waals surface area contributed by atoms with E-state index in [-0.39, 0.29) is 55.5 Å². The summed E-state index contributed by atoms with van der Waals surface area (Å²) in [6.45, 7) is 0.733. The van der Waals surface area contributed by atoms with Crippen LogP contribution in [0, 0.1) is 5.92 Å². The Kier molecular flexibility index (Phi) is 6.53. The number of carbonyl (C=O) groups excluding carboxylic acids is 2. The van der Waals surface area contributed by atoms with Crippen molar-refractivity contribution in [3.05, 3.63) is 58.7 Å². The molecule has 2 aromatic carbocycles. The minimum absolute atomic E-state index is 0.0386. The van der Waals surface area contributed by atoms with Gasteiger partial charge in [0.2, 0.25) is 5.91 Å². The zero-order valence-electron chi connectivity index (χ0n) is 21.6. The second-order valence-electron chi connectivity index (χ2n) is 11.1. The monoisotopic (exact) mass is 521 g/mol. The lowest BCUT2D eigenvalue weighted by Gasteiger charge is -2.59. The highest BCUT2D eigenvalue weighted by Gasteiger charge is 2.65. The quantitative estimate of drug-likeness (QED) is 0.385. The average molecular weight is 522 g/mol. The van der Waals surface area contributed by atoms with E-state index in [1.54, 1.807) is 0 Å². The number of hydrogen-bond acceptors (Lipinski definition) is 8. The number of benzene rings is 2. The van der Waals surface area contributed by atoms with Crippen LogP contribution < -0.4 is 15.4 Å². The van der Waals surface area contributed by atoms with Crippen molar-refractivity contribution in [1.82, 2.24) is 15.5 Å². The molecule has 2 aliphatic heterocycles. The maximum absolute atomic E-state index is 12.6. The van der Waals surface area contributed by atoms with Crippen LogP contribution in [0.5, 0.6) is 11.5 Å². The highest BCUT2D eigenvalue weighted by Crippen LogP contribution is 2.64. The number of likely N-dealkylation sites (N-methyl/N-ethyl adjacent to an activating group) is 1. The number of likely N-dealkylation sites (tertiary alicyclic amines) is 1. The van der Waals surface area contributed by atoms with Crippen LogP contribution in [0.4, 0.5) is 0 Å². The third-order valence-corrected chi connectivity index (χ3v) is 9.16. The summed E-state index contributed by atoms with van der Waals surface area (Å²) in [6.07, 6.45) is 3.45. The summed E-state index contributed by atoms with van der Waals surface area (Å²) in [5.41, 5.74) is 3.43. The number of hydrogen-bond donors (Lipinski definition) is 4. The van der Waals surface area contributed by atoms with E-state index in [1.165, 1.54) is 0 Å². The van der Waals surface area contributed by atoms with Crippen molar-refractivity contribution in [3.63, 3.8) is 0 Å². The van der Waals surface area contributed by atoms with Crippen LogP contribution in [0.3, 0.4) is 0 Å². The SMILES string of the molecule is CN1CC[C@]23c4c5cc(CO)c(O)c4OC2C(NCC(=O)NCC(=O)OCc2ccccc2)CC[C@H]3[C@H]1C5. The fourth-order valence-electron chi connectivity index (χ4n) is 7.45. The number of phenols is 1. The van der Waals surface area contributed by atoms with Crippen molar-refractivity contribution >= 4 is 11.9 Å². The van der Waals surface area contributed by atoms with Crippen LogP contribution in [0.2, 0.25) is 0 Å². The minimum Gasteiger partial charge on any atom is -0.504 e. The van der Waals surface area contributed by atoms with Gasteiger partial charge >= 0.3 is 5.97 Å². The number of rotatable bonds is 8. The molecule has 2 unspecified atom stereocenters. The van der Waals surface area contributed by atoms with Gasteiger partial charge in [0.05, 0.1) is 13.2 Å². The van der Waals surface area contributed by atoms with Crippen LogP contribution in [0.15, 0.2) is 36.4 Å². The van der Waals surface area contributed by atoms with Gasteiger partial charge in [0.25, 0.3) is 0 Å². The highest BCUT2D eigenvalue weighted by molar-refractivity contribution is 5.83. The van der Waals surface area contributed by atoms with Gasteiger partial charge in [0, 0.05) is 28.6 Å². The van der Waals surface area contributed by atoms with Gasteiger partial charge in [-0.2, -0.15) is 0 Å². The maximum Gasteiger partial charge on any atom is 0.325 e. The third-order valence-electron chi connectivity index (χ3n) is 9.16. The average Bonchev–Trinajstić information content (AvgIpc) is 3.29. The van der Waals surface area contributed by atoms with Crippen LogP contribution in [-0.2, 0) is 39.4 Å². The number of nitrogens with one attached hydrogen (secondary N) is 2. The van der Waals surface area contributed by atoms with Crippen LogP contribution in [-0.4, -0.2) is 71.9 Å². The molecule has 38 heavy (non-hydrogen) atoms. The number of esters is 1. The molecule has 2 fully saturated rings. The van der Waals surface area contributed by atoms with Crippen LogP contribution >= 0.6 is 0 Å². The van der Waals surface area contributed by atoms with Crippen molar-refractivity contribution in [3.8, 4) is 11.5 Å². The van der Waals surface area contributed by atoms with Crippen molar-refractivity contribution in [1.29, 1.82) is 0 Å². The molecule has 1 saturated heterocycles. The summed E-state index contributed by atoms with van der Waals surface area (Å²) >= 11 is 0. The third kappa shape index (κ3) is 4.04. The fraction of sp³-hybridized carbons (Fsp3) is 0.517. The Morgan fingerprint density at radius 1 is 1.21 bits per heavy atom. The second kappa shape index (κ2) is 9.87. The molecule has 1 saturated carbocycles. The number of carbonyl (C=O) groups is 2. The first-order valence-corrected chi connectivity index (χ1v) is 13.5. The molecule has 2 aromatic rings. The molecule has 5 atom stereocenters.